The minimum atomic E-state index is -0.606. The van der Waals surface area contributed by atoms with Crippen LogP contribution in [0.3, 0.4) is 0 Å². The number of nitro groups is 1. The lowest BCUT2D eigenvalue weighted by atomic mass is 10.1. The molecule has 100 valence electrons. The first-order valence-electron chi connectivity index (χ1n) is 5.42. The molecule has 0 heterocycles. The zero-order valence-electron chi connectivity index (χ0n) is 9.93. The Morgan fingerprint density at radius 3 is 2.40 bits per heavy atom. The Morgan fingerprint density at radius 2 is 1.85 bits per heavy atom. The second kappa shape index (κ2) is 5.78. The highest BCUT2D eigenvalue weighted by Gasteiger charge is 2.14. The summed E-state index contributed by atoms with van der Waals surface area (Å²) in [4.78, 5) is 10.1. The largest absolute Gasteiger partial charge is 0.353 e. The van der Waals surface area contributed by atoms with Crippen LogP contribution in [-0.2, 0) is 0 Å². The van der Waals surface area contributed by atoms with Crippen molar-refractivity contribution < 1.29 is 4.92 Å². The summed E-state index contributed by atoms with van der Waals surface area (Å²) >= 11 is 12.0. The van der Waals surface area contributed by atoms with Gasteiger partial charge in [-0.2, -0.15) is 5.26 Å². The van der Waals surface area contributed by atoms with Gasteiger partial charge >= 0.3 is 0 Å². The number of nitriles is 1. The van der Waals surface area contributed by atoms with Gasteiger partial charge in [-0.3, -0.25) is 10.1 Å². The Hall–Kier alpha value is -2.29. The fourth-order valence-electron chi connectivity index (χ4n) is 1.62. The fourth-order valence-corrected chi connectivity index (χ4v) is 2.12. The van der Waals surface area contributed by atoms with E-state index in [9.17, 15) is 10.1 Å². The van der Waals surface area contributed by atoms with E-state index in [2.05, 4.69) is 5.32 Å². The maximum Gasteiger partial charge on any atom is 0.287 e. The molecule has 2 aromatic carbocycles. The van der Waals surface area contributed by atoms with E-state index in [1.807, 2.05) is 0 Å². The first-order chi connectivity index (χ1) is 9.52. The third-order valence-electron chi connectivity index (χ3n) is 2.55. The maximum atomic E-state index is 10.8. The standard InChI is InChI=1S/C13H7Cl2N3O2/c14-10-2-1-3-11(15)13(10)17-9-4-5-12(18(19)20)8(6-9)7-16/h1-6,17H. The van der Waals surface area contributed by atoms with Gasteiger partial charge in [-0.05, 0) is 24.3 Å². The Labute approximate surface area is 124 Å². The number of nitro benzene ring substituents is 1. The van der Waals surface area contributed by atoms with Gasteiger partial charge in [-0.25, -0.2) is 0 Å². The van der Waals surface area contributed by atoms with Crippen molar-refractivity contribution in [2.75, 3.05) is 5.32 Å². The lowest BCUT2D eigenvalue weighted by Gasteiger charge is -2.10. The van der Waals surface area contributed by atoms with E-state index in [0.717, 1.165) is 0 Å². The molecule has 1 N–H and O–H groups in total. The van der Waals surface area contributed by atoms with E-state index >= 15 is 0 Å². The van der Waals surface area contributed by atoms with Crippen LogP contribution in [0.4, 0.5) is 17.1 Å². The summed E-state index contributed by atoms with van der Waals surface area (Å²) in [5.74, 6) is 0. The van der Waals surface area contributed by atoms with E-state index < -0.39 is 4.92 Å². The van der Waals surface area contributed by atoms with Crippen LogP contribution in [0.5, 0.6) is 0 Å². The minimum absolute atomic E-state index is 0.0387. The van der Waals surface area contributed by atoms with Crippen LogP contribution in [0.2, 0.25) is 10.0 Å². The average Bonchev–Trinajstić information content (AvgIpc) is 2.42. The first-order valence-corrected chi connectivity index (χ1v) is 6.18. The van der Waals surface area contributed by atoms with E-state index in [1.54, 1.807) is 24.3 Å². The van der Waals surface area contributed by atoms with E-state index in [-0.39, 0.29) is 11.3 Å². The molecule has 0 atom stereocenters. The molecule has 5 nitrogen and oxygen atoms in total. The number of anilines is 2. The van der Waals surface area contributed by atoms with Gasteiger partial charge in [0.05, 0.1) is 20.7 Å². The fraction of sp³-hybridized carbons (Fsp3) is 0. The van der Waals surface area contributed by atoms with Gasteiger partial charge in [-0.15, -0.1) is 0 Å². The molecule has 0 radical (unpaired) electrons. The van der Waals surface area contributed by atoms with Crippen molar-refractivity contribution in [3.63, 3.8) is 0 Å². The third-order valence-corrected chi connectivity index (χ3v) is 3.18. The van der Waals surface area contributed by atoms with Crippen molar-refractivity contribution in [1.29, 1.82) is 5.26 Å². The monoisotopic (exact) mass is 307 g/mol. The number of halogens is 2. The topological polar surface area (TPSA) is 79.0 Å². The summed E-state index contributed by atoms with van der Waals surface area (Å²) in [7, 11) is 0. The molecule has 0 saturated carbocycles. The Kier molecular flexibility index (Phi) is 4.08. The van der Waals surface area contributed by atoms with E-state index in [4.69, 9.17) is 28.5 Å². The van der Waals surface area contributed by atoms with Gasteiger partial charge in [0, 0.05) is 11.8 Å². The summed E-state index contributed by atoms with van der Waals surface area (Å²) in [6.07, 6.45) is 0. The SMILES string of the molecule is N#Cc1cc(Nc2c(Cl)cccc2Cl)ccc1[N+](=O)[O-]. The van der Waals surface area contributed by atoms with Crippen LogP contribution in [0.15, 0.2) is 36.4 Å². The minimum Gasteiger partial charge on any atom is -0.353 e. The Bertz CT molecular complexity index is 706. The van der Waals surface area contributed by atoms with Gasteiger partial charge in [-0.1, -0.05) is 29.3 Å². The Balaban J connectivity index is 2.41. The summed E-state index contributed by atoms with van der Waals surface area (Å²) in [5.41, 5.74) is 0.683. The smallest absolute Gasteiger partial charge is 0.287 e. The van der Waals surface area contributed by atoms with Crippen molar-refractivity contribution in [2.24, 2.45) is 0 Å². The molecule has 0 unspecified atom stereocenters. The van der Waals surface area contributed by atoms with Crippen molar-refractivity contribution >= 4 is 40.3 Å². The summed E-state index contributed by atoms with van der Waals surface area (Å²) in [5, 5.41) is 23.4. The number of rotatable bonds is 3. The quantitative estimate of drug-likeness (QED) is 0.668. The summed E-state index contributed by atoms with van der Waals surface area (Å²) < 4.78 is 0. The van der Waals surface area contributed by atoms with Crippen molar-refractivity contribution in [2.45, 2.75) is 0 Å². The van der Waals surface area contributed by atoms with Gasteiger partial charge in [0.25, 0.3) is 5.69 Å². The number of nitrogens with one attached hydrogen (secondary N) is 1. The molecular formula is C13H7Cl2N3O2. The van der Waals surface area contributed by atoms with Crippen LogP contribution in [0, 0.1) is 21.4 Å². The Morgan fingerprint density at radius 1 is 1.20 bits per heavy atom. The highest BCUT2D eigenvalue weighted by atomic mass is 35.5. The lowest BCUT2D eigenvalue weighted by molar-refractivity contribution is -0.385. The van der Waals surface area contributed by atoms with Crippen molar-refractivity contribution in [1.82, 2.24) is 0 Å². The first kappa shape index (κ1) is 14.1. The molecule has 0 aliphatic rings. The summed E-state index contributed by atoms with van der Waals surface area (Å²) in [6.45, 7) is 0. The molecule has 0 aliphatic carbocycles. The molecule has 7 heteroatoms. The van der Waals surface area contributed by atoms with Gasteiger partial charge < -0.3 is 5.32 Å². The molecule has 2 aromatic rings. The maximum absolute atomic E-state index is 10.8. The van der Waals surface area contributed by atoms with E-state index in [0.29, 0.717) is 21.4 Å². The average molecular weight is 308 g/mol. The number of benzene rings is 2. The van der Waals surface area contributed by atoms with Crippen LogP contribution in [0.25, 0.3) is 0 Å². The molecule has 2 rings (SSSR count). The normalized spacial score (nSPS) is 9.85. The van der Waals surface area contributed by atoms with Gasteiger partial charge in [0.2, 0.25) is 0 Å². The second-order valence-electron chi connectivity index (χ2n) is 3.82. The highest BCUT2D eigenvalue weighted by Crippen LogP contribution is 2.33. The van der Waals surface area contributed by atoms with Crippen molar-refractivity contribution in [3.05, 3.63) is 62.1 Å². The zero-order chi connectivity index (χ0) is 14.7. The van der Waals surface area contributed by atoms with Gasteiger partial charge in [0.1, 0.15) is 11.6 Å². The zero-order valence-corrected chi connectivity index (χ0v) is 11.4. The number of nitrogens with zero attached hydrogens (tertiary/aromatic N) is 2. The van der Waals surface area contributed by atoms with E-state index in [1.165, 1.54) is 18.2 Å². The third kappa shape index (κ3) is 2.82. The lowest BCUT2D eigenvalue weighted by Crippen LogP contribution is -1.96. The predicted molar refractivity (Wildman–Crippen MR) is 77.6 cm³/mol. The molecule has 0 fully saturated rings. The number of para-hydroxylation sites is 1. The number of hydrogen-bond acceptors (Lipinski definition) is 4. The molecule has 20 heavy (non-hydrogen) atoms. The molecule has 0 spiro atoms. The molecule has 0 aliphatic heterocycles. The van der Waals surface area contributed by atoms with Crippen LogP contribution < -0.4 is 5.32 Å². The molecular weight excluding hydrogens is 301 g/mol. The highest BCUT2D eigenvalue weighted by molar-refractivity contribution is 6.39. The predicted octanol–water partition coefficient (Wildman–Crippen LogP) is 4.52. The van der Waals surface area contributed by atoms with Crippen LogP contribution in [0.1, 0.15) is 5.56 Å². The molecule has 0 saturated heterocycles. The second-order valence-corrected chi connectivity index (χ2v) is 4.64. The van der Waals surface area contributed by atoms with Crippen molar-refractivity contribution in [3.8, 4) is 6.07 Å². The molecule has 0 amide bonds. The van der Waals surface area contributed by atoms with Crippen LogP contribution >= 0.6 is 23.2 Å². The summed E-state index contributed by atoms with van der Waals surface area (Å²) in [6, 6.07) is 10.9. The van der Waals surface area contributed by atoms with Crippen LogP contribution in [-0.4, -0.2) is 4.92 Å². The van der Waals surface area contributed by atoms with Gasteiger partial charge in [0.15, 0.2) is 0 Å². The number of hydrogen-bond donors (Lipinski definition) is 1. The molecule has 0 bridgehead atoms. The molecule has 0 aromatic heterocycles.